The number of halogens is 1. The minimum absolute atomic E-state index is 0.0339. The Hall–Kier alpha value is -2.58. The number of sulfonamides is 1. The van der Waals surface area contributed by atoms with Crippen LogP contribution < -0.4 is 4.72 Å². The zero-order chi connectivity index (χ0) is 21.6. The second-order valence-electron chi connectivity index (χ2n) is 6.84. The van der Waals surface area contributed by atoms with Crippen LogP contribution in [0.25, 0.3) is 0 Å². The standard InChI is InChI=1S/C21H24FNO5S/c1-4-15(3)20(23-29(26,27)18-11-5-14(2)6-12-18)21(25)28-13-19(24)16-7-9-17(22)10-8-16/h5-12,15,20,23H,4,13H2,1-3H3/t15-,20-/m0/s1. The third-order valence-electron chi connectivity index (χ3n) is 4.59. The molecule has 2 rings (SSSR count). The van der Waals surface area contributed by atoms with Gasteiger partial charge in [-0.25, -0.2) is 12.8 Å². The van der Waals surface area contributed by atoms with Crippen molar-refractivity contribution in [2.24, 2.45) is 5.92 Å². The fourth-order valence-electron chi connectivity index (χ4n) is 2.53. The molecule has 0 saturated carbocycles. The van der Waals surface area contributed by atoms with E-state index in [1.807, 2.05) is 13.8 Å². The van der Waals surface area contributed by atoms with Gasteiger partial charge in [0.1, 0.15) is 11.9 Å². The predicted octanol–water partition coefficient (Wildman–Crippen LogP) is 3.25. The van der Waals surface area contributed by atoms with E-state index < -0.39 is 40.2 Å². The maximum atomic E-state index is 13.0. The first-order chi connectivity index (χ1) is 13.6. The van der Waals surface area contributed by atoms with Crippen LogP contribution in [0.1, 0.15) is 36.2 Å². The molecule has 156 valence electrons. The van der Waals surface area contributed by atoms with Crippen LogP contribution in [0.3, 0.4) is 0 Å². The van der Waals surface area contributed by atoms with Crippen LogP contribution in [0.15, 0.2) is 53.4 Å². The van der Waals surface area contributed by atoms with Crippen molar-refractivity contribution in [2.75, 3.05) is 6.61 Å². The first kappa shape index (κ1) is 22.7. The first-order valence-electron chi connectivity index (χ1n) is 9.18. The molecule has 0 spiro atoms. The number of rotatable bonds is 9. The second kappa shape index (κ2) is 9.76. The van der Waals surface area contributed by atoms with Crippen molar-refractivity contribution in [3.63, 3.8) is 0 Å². The van der Waals surface area contributed by atoms with Gasteiger partial charge in [-0.1, -0.05) is 38.0 Å². The van der Waals surface area contributed by atoms with Crippen molar-refractivity contribution in [3.8, 4) is 0 Å². The third kappa shape index (κ3) is 6.20. The summed E-state index contributed by atoms with van der Waals surface area (Å²) in [5.74, 6) is -2.20. The summed E-state index contributed by atoms with van der Waals surface area (Å²) in [5.41, 5.74) is 1.10. The van der Waals surface area contributed by atoms with Crippen LogP contribution in [0.4, 0.5) is 4.39 Å². The van der Waals surface area contributed by atoms with E-state index >= 15 is 0 Å². The highest BCUT2D eigenvalue weighted by Crippen LogP contribution is 2.16. The summed E-state index contributed by atoms with van der Waals surface area (Å²) in [6, 6.07) is 9.92. The number of hydrogen-bond acceptors (Lipinski definition) is 5. The Labute approximate surface area is 170 Å². The van der Waals surface area contributed by atoms with Gasteiger partial charge in [-0.2, -0.15) is 4.72 Å². The van der Waals surface area contributed by atoms with E-state index in [1.165, 1.54) is 24.3 Å². The van der Waals surface area contributed by atoms with Gasteiger partial charge in [0.2, 0.25) is 10.0 Å². The molecule has 2 aromatic rings. The maximum Gasteiger partial charge on any atom is 0.324 e. The van der Waals surface area contributed by atoms with Crippen LogP contribution in [-0.2, 0) is 19.6 Å². The van der Waals surface area contributed by atoms with Gasteiger partial charge >= 0.3 is 5.97 Å². The Morgan fingerprint density at radius 2 is 1.66 bits per heavy atom. The minimum Gasteiger partial charge on any atom is -0.456 e. The molecule has 0 fully saturated rings. The monoisotopic (exact) mass is 421 g/mol. The molecule has 8 heteroatoms. The largest absolute Gasteiger partial charge is 0.456 e. The number of hydrogen-bond donors (Lipinski definition) is 1. The van der Waals surface area contributed by atoms with Gasteiger partial charge in [0.05, 0.1) is 4.90 Å². The average Bonchev–Trinajstić information content (AvgIpc) is 2.70. The number of carbonyl (C=O) groups excluding carboxylic acids is 2. The molecule has 2 aromatic carbocycles. The Kier molecular flexibility index (Phi) is 7.64. The number of benzene rings is 2. The van der Waals surface area contributed by atoms with E-state index in [2.05, 4.69) is 4.72 Å². The van der Waals surface area contributed by atoms with Crippen LogP contribution in [0.2, 0.25) is 0 Å². The highest BCUT2D eigenvalue weighted by Gasteiger charge is 2.31. The van der Waals surface area contributed by atoms with Crippen molar-refractivity contribution >= 4 is 21.8 Å². The lowest BCUT2D eigenvalue weighted by Crippen LogP contribution is -2.46. The lowest BCUT2D eigenvalue weighted by molar-refractivity contribution is -0.145. The van der Waals surface area contributed by atoms with Gasteiger partial charge in [0.25, 0.3) is 0 Å². The Balaban J connectivity index is 2.10. The topological polar surface area (TPSA) is 89.5 Å². The van der Waals surface area contributed by atoms with E-state index in [4.69, 9.17) is 4.74 Å². The summed E-state index contributed by atoms with van der Waals surface area (Å²) in [6.45, 7) is 4.80. The molecule has 0 aromatic heterocycles. The van der Waals surface area contributed by atoms with Crippen molar-refractivity contribution in [3.05, 3.63) is 65.5 Å². The molecule has 6 nitrogen and oxygen atoms in total. The fraction of sp³-hybridized carbons (Fsp3) is 0.333. The normalized spacial score (nSPS) is 13.5. The molecule has 29 heavy (non-hydrogen) atoms. The molecule has 0 unspecified atom stereocenters. The van der Waals surface area contributed by atoms with Crippen molar-refractivity contribution in [1.29, 1.82) is 0 Å². The fourth-order valence-corrected chi connectivity index (χ4v) is 3.82. The summed E-state index contributed by atoms with van der Waals surface area (Å²) < 4.78 is 45.7. The number of esters is 1. The number of aryl methyl sites for hydroxylation is 1. The SMILES string of the molecule is CC[C@H](C)[C@H](NS(=O)(=O)c1ccc(C)cc1)C(=O)OCC(=O)c1ccc(F)cc1. The molecule has 0 aliphatic rings. The zero-order valence-corrected chi connectivity index (χ0v) is 17.3. The second-order valence-corrected chi connectivity index (χ2v) is 8.55. The molecule has 0 bridgehead atoms. The van der Waals surface area contributed by atoms with Crippen LogP contribution >= 0.6 is 0 Å². The molecule has 2 atom stereocenters. The van der Waals surface area contributed by atoms with E-state index in [9.17, 15) is 22.4 Å². The van der Waals surface area contributed by atoms with E-state index in [1.54, 1.807) is 19.1 Å². The summed E-state index contributed by atoms with van der Waals surface area (Å²) >= 11 is 0. The molecule has 0 aliphatic carbocycles. The molecule has 0 aliphatic heterocycles. The third-order valence-corrected chi connectivity index (χ3v) is 6.05. The summed E-state index contributed by atoms with van der Waals surface area (Å²) in [5, 5.41) is 0. The van der Waals surface area contributed by atoms with Gasteiger partial charge in [-0.05, 0) is 49.2 Å². The molecule has 0 amide bonds. The zero-order valence-electron chi connectivity index (χ0n) is 16.5. The van der Waals surface area contributed by atoms with E-state index in [-0.39, 0.29) is 16.4 Å². The van der Waals surface area contributed by atoms with Crippen LogP contribution in [0, 0.1) is 18.7 Å². The smallest absolute Gasteiger partial charge is 0.324 e. The lowest BCUT2D eigenvalue weighted by Gasteiger charge is -2.22. The highest BCUT2D eigenvalue weighted by molar-refractivity contribution is 7.89. The average molecular weight is 421 g/mol. The molecule has 1 N–H and O–H groups in total. The van der Waals surface area contributed by atoms with Crippen LogP contribution in [-0.4, -0.2) is 32.8 Å². The number of carbonyl (C=O) groups is 2. The van der Waals surface area contributed by atoms with Gasteiger partial charge < -0.3 is 4.74 Å². The molecular weight excluding hydrogens is 397 g/mol. The molecule has 0 saturated heterocycles. The maximum absolute atomic E-state index is 13.0. The minimum atomic E-state index is -3.95. The number of ether oxygens (including phenoxy) is 1. The molecular formula is C21H24FNO5S. The Bertz CT molecular complexity index is 956. The van der Waals surface area contributed by atoms with Crippen molar-refractivity contribution in [2.45, 2.75) is 38.1 Å². The van der Waals surface area contributed by atoms with E-state index in [0.29, 0.717) is 6.42 Å². The quantitative estimate of drug-likeness (QED) is 0.496. The predicted molar refractivity (Wildman–Crippen MR) is 106 cm³/mol. The van der Waals surface area contributed by atoms with Crippen molar-refractivity contribution < 1.29 is 27.1 Å². The first-order valence-corrected chi connectivity index (χ1v) is 10.7. The van der Waals surface area contributed by atoms with Crippen LogP contribution in [0.5, 0.6) is 0 Å². The van der Waals surface area contributed by atoms with Gasteiger partial charge in [-0.15, -0.1) is 0 Å². The van der Waals surface area contributed by atoms with Gasteiger partial charge in [-0.3, -0.25) is 9.59 Å². The summed E-state index contributed by atoms with van der Waals surface area (Å²) in [4.78, 5) is 24.7. The molecule has 0 radical (unpaired) electrons. The highest BCUT2D eigenvalue weighted by atomic mass is 32.2. The van der Waals surface area contributed by atoms with Crippen molar-refractivity contribution in [1.82, 2.24) is 4.72 Å². The summed E-state index contributed by atoms with van der Waals surface area (Å²) in [7, 11) is -3.95. The Morgan fingerprint density at radius 1 is 1.07 bits per heavy atom. The number of Topliss-reactive ketones (excluding diaryl/α,β-unsaturated/α-hetero) is 1. The Morgan fingerprint density at radius 3 is 2.21 bits per heavy atom. The van der Waals surface area contributed by atoms with E-state index in [0.717, 1.165) is 17.7 Å². The molecule has 0 heterocycles. The number of ketones is 1. The number of nitrogens with one attached hydrogen (secondary N) is 1. The lowest BCUT2D eigenvalue weighted by atomic mass is 10.0. The van der Waals surface area contributed by atoms with Gasteiger partial charge in [0, 0.05) is 5.56 Å². The summed E-state index contributed by atoms with van der Waals surface area (Å²) in [6.07, 6.45) is 0.516. The van der Waals surface area contributed by atoms with Gasteiger partial charge in [0.15, 0.2) is 12.4 Å².